The summed E-state index contributed by atoms with van der Waals surface area (Å²) >= 11 is 0. The standard InChI is InChI=1S/C51H72N6O9/c1-64-46(58)22-31-16-34-25-52-40-10-4-6-12-42(40)54-27-36-18-32(23-47(59)65-2)20-38(50(36)62)29-56-44-14-8-9-15-45(44)57-30-39-21-33(24-48(60)66-3)19-37(51(39)63)28-55-43-13-7-5-11-41(43)53-26-35(17-31)49(34)61/h16-21,40-45,52-57,61-63H,4-15,22-30H2,1-3H3. The van der Waals surface area contributed by atoms with Gasteiger partial charge in [0.2, 0.25) is 0 Å². The highest BCUT2D eigenvalue weighted by atomic mass is 16.5. The van der Waals surface area contributed by atoms with Crippen LogP contribution in [-0.4, -0.2) is 90.8 Å². The molecule has 9 N–H and O–H groups in total. The van der Waals surface area contributed by atoms with E-state index in [0.717, 1.165) is 93.7 Å². The van der Waals surface area contributed by atoms with Crippen molar-refractivity contribution in [2.24, 2.45) is 0 Å². The molecule has 0 amide bonds. The van der Waals surface area contributed by atoms with Gasteiger partial charge in [0.25, 0.3) is 0 Å². The first-order valence-electron chi connectivity index (χ1n) is 24.1. The zero-order chi connectivity index (χ0) is 46.6. The molecule has 6 unspecified atom stereocenters. The average molecular weight is 913 g/mol. The molecule has 15 nitrogen and oxygen atoms in total. The Bertz CT molecular complexity index is 1800. The van der Waals surface area contributed by atoms with Crippen molar-refractivity contribution in [2.45, 2.75) is 172 Å². The van der Waals surface area contributed by atoms with Crippen molar-refractivity contribution in [3.05, 3.63) is 86.5 Å². The normalized spacial score (nSPS) is 24.6. The summed E-state index contributed by atoms with van der Waals surface area (Å²) in [7, 11) is 4.13. The van der Waals surface area contributed by atoms with E-state index in [1.54, 1.807) is 0 Å². The van der Waals surface area contributed by atoms with E-state index >= 15 is 0 Å². The smallest absolute Gasteiger partial charge is 0.309 e. The van der Waals surface area contributed by atoms with E-state index in [1.165, 1.54) is 21.3 Å². The summed E-state index contributed by atoms with van der Waals surface area (Å²) in [6, 6.07) is 11.8. The molecule has 3 aromatic carbocycles. The largest absolute Gasteiger partial charge is 0.507 e. The number of hydrogen-bond acceptors (Lipinski definition) is 15. The van der Waals surface area contributed by atoms with Crippen LogP contribution in [0.15, 0.2) is 36.4 Å². The number of carbonyl (C=O) groups excluding carboxylic acids is 3. The van der Waals surface area contributed by atoms with Crippen molar-refractivity contribution in [2.75, 3.05) is 21.3 Å². The van der Waals surface area contributed by atoms with Crippen LogP contribution < -0.4 is 31.9 Å². The van der Waals surface area contributed by atoms with Crippen LogP contribution in [0.2, 0.25) is 0 Å². The maximum atomic E-state index is 12.5. The molecule has 3 aliphatic carbocycles. The van der Waals surface area contributed by atoms with Gasteiger partial charge in [-0.25, -0.2) is 0 Å². The van der Waals surface area contributed by atoms with Gasteiger partial charge < -0.3 is 61.4 Å². The van der Waals surface area contributed by atoms with Crippen LogP contribution in [0.3, 0.4) is 0 Å². The molecule has 0 saturated heterocycles. The number of methoxy groups -OCH3 is 3. The third-order valence-electron chi connectivity index (χ3n) is 14.3. The predicted molar refractivity (Wildman–Crippen MR) is 251 cm³/mol. The molecule has 6 bridgehead atoms. The van der Waals surface area contributed by atoms with Gasteiger partial charge in [-0.1, -0.05) is 74.9 Å². The van der Waals surface area contributed by atoms with E-state index in [2.05, 4.69) is 31.9 Å². The molecule has 15 heteroatoms. The van der Waals surface area contributed by atoms with Crippen molar-refractivity contribution in [1.29, 1.82) is 0 Å². The molecule has 360 valence electrons. The lowest BCUT2D eigenvalue weighted by Crippen LogP contribution is -2.49. The van der Waals surface area contributed by atoms with Crippen LogP contribution in [0.4, 0.5) is 0 Å². The van der Waals surface area contributed by atoms with Crippen LogP contribution in [0, 0.1) is 0 Å². The Morgan fingerprint density at radius 2 is 0.576 bits per heavy atom. The third-order valence-corrected chi connectivity index (χ3v) is 14.3. The van der Waals surface area contributed by atoms with E-state index < -0.39 is 0 Å². The van der Waals surface area contributed by atoms with Crippen LogP contribution in [-0.2, 0) is 87.1 Å². The van der Waals surface area contributed by atoms with Crippen molar-refractivity contribution < 1.29 is 43.9 Å². The molecule has 1 heterocycles. The Morgan fingerprint density at radius 3 is 0.742 bits per heavy atom. The third kappa shape index (κ3) is 13.0. The molecule has 3 aromatic rings. The molecule has 66 heavy (non-hydrogen) atoms. The van der Waals surface area contributed by atoms with E-state index in [-0.39, 0.29) is 90.7 Å². The minimum atomic E-state index is -0.359. The van der Waals surface area contributed by atoms with Gasteiger partial charge in [-0.05, 0) is 55.2 Å². The quantitative estimate of drug-likeness (QED) is 0.120. The number of ether oxygens (including phenoxy) is 3. The molecule has 3 saturated carbocycles. The summed E-state index contributed by atoms with van der Waals surface area (Å²) in [5.41, 5.74) is 6.47. The fraction of sp³-hybridized carbons (Fsp3) is 0.588. The number of phenols is 3. The fourth-order valence-corrected chi connectivity index (χ4v) is 10.6. The summed E-state index contributed by atoms with van der Waals surface area (Å²) < 4.78 is 15.1. The van der Waals surface area contributed by atoms with E-state index in [4.69, 9.17) is 14.2 Å². The number of phenolic OH excluding ortho intramolecular Hbond substituents is 3. The van der Waals surface area contributed by atoms with Crippen molar-refractivity contribution in [3.63, 3.8) is 0 Å². The zero-order valence-corrected chi connectivity index (χ0v) is 39.1. The zero-order valence-electron chi connectivity index (χ0n) is 39.1. The summed E-state index contributed by atoms with van der Waals surface area (Å²) in [5, 5.41) is 57.9. The summed E-state index contributed by atoms with van der Waals surface area (Å²) in [5.74, 6) is -0.526. The monoisotopic (exact) mass is 913 g/mol. The van der Waals surface area contributed by atoms with Crippen molar-refractivity contribution in [3.8, 4) is 17.2 Å². The van der Waals surface area contributed by atoms with Gasteiger partial charge in [0, 0.05) is 109 Å². The molecule has 6 atom stereocenters. The minimum Gasteiger partial charge on any atom is -0.507 e. The van der Waals surface area contributed by atoms with Crippen LogP contribution >= 0.6 is 0 Å². The average Bonchev–Trinajstić information content (AvgIpc) is 3.33. The Hall–Kier alpha value is -4.77. The number of fused-ring (bicyclic) bond motifs is 9. The molecule has 1 aliphatic heterocycles. The first-order valence-corrected chi connectivity index (χ1v) is 24.1. The lowest BCUT2D eigenvalue weighted by atomic mass is 9.89. The van der Waals surface area contributed by atoms with Gasteiger partial charge >= 0.3 is 17.9 Å². The first kappa shape index (κ1) is 49.1. The van der Waals surface area contributed by atoms with Gasteiger partial charge in [-0.15, -0.1) is 0 Å². The number of esters is 3. The SMILES string of the molecule is COC(=O)Cc1cc2c(O)c(c1)CNC1CCCCC1NCc1cc(CC(=O)OC)cc(c1O)CNC1CCCCC1NCc1cc(CC(=O)OC)cc(c1O)CNC1CCCCC1NC2. The highest BCUT2D eigenvalue weighted by molar-refractivity contribution is 5.74. The Morgan fingerprint density at radius 1 is 0.394 bits per heavy atom. The first-order chi connectivity index (χ1) is 32.0. The summed E-state index contributed by atoms with van der Waals surface area (Å²) in [6.07, 6.45) is 12.1. The Labute approximate surface area is 389 Å². The van der Waals surface area contributed by atoms with Crippen LogP contribution in [0.1, 0.15) is 127 Å². The second-order valence-electron chi connectivity index (χ2n) is 18.8. The van der Waals surface area contributed by atoms with Gasteiger partial charge in [0.15, 0.2) is 0 Å². The summed E-state index contributed by atoms with van der Waals surface area (Å²) in [6.45, 7) is 2.32. The molecule has 0 aromatic heterocycles. The highest BCUT2D eigenvalue weighted by Gasteiger charge is 2.30. The molecule has 0 spiro atoms. The van der Waals surface area contributed by atoms with Gasteiger partial charge in [0.1, 0.15) is 17.2 Å². The highest BCUT2D eigenvalue weighted by Crippen LogP contribution is 2.32. The molecular weight excluding hydrogens is 841 g/mol. The molecule has 7 rings (SSSR count). The minimum absolute atomic E-state index is 0.0748. The lowest BCUT2D eigenvalue weighted by molar-refractivity contribution is -0.140. The Kier molecular flexibility index (Phi) is 17.7. The summed E-state index contributed by atoms with van der Waals surface area (Å²) in [4.78, 5) is 37.6. The number of rotatable bonds is 6. The molecular formula is C51H72N6O9. The predicted octanol–water partition coefficient (Wildman–Crippen LogP) is 4.84. The molecule has 4 aliphatic rings. The second kappa shape index (κ2) is 23.8. The lowest BCUT2D eigenvalue weighted by Gasteiger charge is -2.34. The number of benzene rings is 3. The second-order valence-corrected chi connectivity index (χ2v) is 18.8. The van der Waals surface area contributed by atoms with Crippen molar-refractivity contribution >= 4 is 17.9 Å². The van der Waals surface area contributed by atoms with Crippen LogP contribution in [0.25, 0.3) is 0 Å². The number of carbonyl (C=O) groups is 3. The molecule has 0 radical (unpaired) electrons. The van der Waals surface area contributed by atoms with Crippen molar-refractivity contribution in [1.82, 2.24) is 31.9 Å². The number of nitrogens with one attached hydrogen (secondary N) is 6. The van der Waals surface area contributed by atoms with Gasteiger partial charge in [-0.3, -0.25) is 14.4 Å². The van der Waals surface area contributed by atoms with E-state index in [9.17, 15) is 29.7 Å². The molecule has 3 fully saturated rings. The van der Waals surface area contributed by atoms with E-state index in [1.807, 2.05) is 36.4 Å². The maximum Gasteiger partial charge on any atom is 0.309 e. The van der Waals surface area contributed by atoms with Crippen LogP contribution in [0.5, 0.6) is 17.2 Å². The number of hydrogen-bond donors (Lipinski definition) is 9. The number of aromatic hydroxyl groups is 3. The Balaban J connectivity index is 1.22. The maximum absolute atomic E-state index is 12.5. The van der Waals surface area contributed by atoms with Gasteiger partial charge in [-0.2, -0.15) is 0 Å². The topological polar surface area (TPSA) is 212 Å². The van der Waals surface area contributed by atoms with Gasteiger partial charge in [0.05, 0.1) is 40.6 Å². The fourth-order valence-electron chi connectivity index (χ4n) is 10.6. The van der Waals surface area contributed by atoms with E-state index in [0.29, 0.717) is 72.6 Å².